The Kier molecular flexibility index (Phi) is 20.2. The predicted molar refractivity (Wildman–Crippen MR) is 229 cm³/mol. The molecule has 3 aromatic carbocycles. The van der Waals surface area contributed by atoms with E-state index in [2.05, 4.69) is 55.2 Å². The summed E-state index contributed by atoms with van der Waals surface area (Å²) >= 11 is 0. The van der Waals surface area contributed by atoms with Crippen LogP contribution < -0.4 is 15.4 Å². The van der Waals surface area contributed by atoms with Gasteiger partial charge in [0.05, 0.1) is 19.1 Å². The lowest BCUT2D eigenvalue weighted by atomic mass is 9.87. The molecule has 4 rings (SSSR count). The van der Waals surface area contributed by atoms with Crippen LogP contribution in [0.1, 0.15) is 116 Å². The van der Waals surface area contributed by atoms with Crippen LogP contribution in [0.25, 0.3) is 22.5 Å². The zero-order valence-electron chi connectivity index (χ0n) is 35.7. The van der Waals surface area contributed by atoms with Crippen LogP contribution in [0.15, 0.2) is 85.2 Å². The van der Waals surface area contributed by atoms with Crippen LogP contribution in [0, 0.1) is 5.92 Å². The summed E-state index contributed by atoms with van der Waals surface area (Å²) in [5.41, 5.74) is 5.49. The van der Waals surface area contributed by atoms with Gasteiger partial charge in [-0.1, -0.05) is 116 Å². The van der Waals surface area contributed by atoms with Gasteiger partial charge in [-0.3, -0.25) is 14.4 Å². The van der Waals surface area contributed by atoms with Gasteiger partial charge in [-0.05, 0) is 87.2 Å². The predicted octanol–water partition coefficient (Wildman–Crippen LogP) is 9.82. The number of amides is 1. The minimum Gasteiger partial charge on any atom is -0.494 e. The second kappa shape index (κ2) is 23.9. The summed E-state index contributed by atoms with van der Waals surface area (Å²) in [6.45, 7) is 21.4. The van der Waals surface area contributed by atoms with Crippen LogP contribution in [0.2, 0.25) is 0 Å². The summed E-state index contributed by atoms with van der Waals surface area (Å²) in [6, 6.07) is 23.2. The molecule has 0 spiro atoms. The van der Waals surface area contributed by atoms with Crippen molar-refractivity contribution in [3.8, 4) is 28.3 Å². The van der Waals surface area contributed by atoms with Gasteiger partial charge in [0.25, 0.3) is 0 Å². The Balaban J connectivity index is 0.000000652. The lowest BCUT2D eigenvalue weighted by Crippen LogP contribution is -2.44. The Labute approximate surface area is 336 Å². The number of benzene rings is 3. The van der Waals surface area contributed by atoms with E-state index >= 15 is 0 Å². The van der Waals surface area contributed by atoms with Crippen molar-refractivity contribution in [1.82, 2.24) is 20.6 Å². The van der Waals surface area contributed by atoms with E-state index in [1.807, 2.05) is 120 Å². The second-order valence-electron chi connectivity index (χ2n) is 15.9. The van der Waals surface area contributed by atoms with Gasteiger partial charge in [-0.2, -0.15) is 0 Å². The Morgan fingerprint density at radius 1 is 0.786 bits per heavy atom. The van der Waals surface area contributed by atoms with Crippen LogP contribution in [-0.4, -0.2) is 60.0 Å². The molecule has 0 fully saturated rings. The molecule has 0 saturated heterocycles. The van der Waals surface area contributed by atoms with Crippen molar-refractivity contribution in [1.29, 1.82) is 0 Å². The molecule has 0 aliphatic heterocycles. The maximum absolute atomic E-state index is 12.6. The van der Waals surface area contributed by atoms with E-state index in [0.29, 0.717) is 12.2 Å². The molecule has 0 aliphatic rings. The zero-order valence-corrected chi connectivity index (χ0v) is 35.7. The average molecular weight is 767 g/mol. The summed E-state index contributed by atoms with van der Waals surface area (Å²) in [7, 11) is 1.75. The fourth-order valence-corrected chi connectivity index (χ4v) is 5.43. The number of unbranched alkanes of at least 4 members (excludes halogenated alkanes) is 1. The molecule has 9 heteroatoms. The maximum atomic E-state index is 12.6. The van der Waals surface area contributed by atoms with Crippen LogP contribution >= 0.6 is 0 Å². The fraction of sp³-hybridized carbons (Fsp3) is 0.468. The van der Waals surface area contributed by atoms with E-state index in [0.717, 1.165) is 58.8 Å². The van der Waals surface area contributed by atoms with E-state index < -0.39 is 11.6 Å². The standard InChI is InChI=1S/C34H46N4O4.C11H14O.C2H6/c1-24(2)9-7-8-20-41-29-16-14-26(15-17-29)28-22-37-32(38-23-28)27-12-10-25(11-13-27)21-30(35-6)33(40)36-19-18-31(39)42-34(3,4)5;1-11(2,3)10-6-4-9(8-12)5-7-10;1-2/h10-17,22-24,30,35H,7-9,18-21H2,1-6H3,(H,36,40);4-8H,1-3H3;1-2H3. The van der Waals surface area contributed by atoms with Gasteiger partial charge in [0.1, 0.15) is 17.6 Å². The van der Waals surface area contributed by atoms with Crippen LogP contribution in [0.3, 0.4) is 0 Å². The highest BCUT2D eigenvalue weighted by molar-refractivity contribution is 5.82. The van der Waals surface area contributed by atoms with E-state index in [1.165, 1.54) is 18.4 Å². The number of rotatable bonds is 16. The Hall–Kier alpha value is -4.89. The summed E-state index contributed by atoms with van der Waals surface area (Å²) in [5, 5.41) is 5.87. The number of aldehydes is 1. The number of hydrogen-bond acceptors (Lipinski definition) is 8. The Morgan fingerprint density at radius 3 is 1.89 bits per heavy atom. The number of likely N-dealkylation sites (N-methyl/N-ethyl adjacent to an activating group) is 1. The number of aromatic nitrogens is 2. The van der Waals surface area contributed by atoms with Crippen molar-refractivity contribution < 1.29 is 23.9 Å². The number of carbonyl (C=O) groups excluding carboxylic acids is 3. The summed E-state index contributed by atoms with van der Waals surface area (Å²) in [5.74, 6) is 1.75. The van der Waals surface area contributed by atoms with E-state index in [-0.39, 0.29) is 30.3 Å². The highest BCUT2D eigenvalue weighted by Gasteiger charge is 2.19. The van der Waals surface area contributed by atoms with Gasteiger partial charge in [-0.15, -0.1) is 0 Å². The molecular weight excluding hydrogens is 701 g/mol. The second-order valence-corrected chi connectivity index (χ2v) is 15.9. The highest BCUT2D eigenvalue weighted by Crippen LogP contribution is 2.24. The van der Waals surface area contributed by atoms with Gasteiger partial charge < -0.3 is 20.1 Å². The van der Waals surface area contributed by atoms with Crippen LogP contribution in [0.5, 0.6) is 5.75 Å². The van der Waals surface area contributed by atoms with Crippen molar-refractivity contribution in [3.63, 3.8) is 0 Å². The topological polar surface area (TPSA) is 120 Å². The quantitative estimate of drug-likeness (QED) is 0.0658. The monoisotopic (exact) mass is 767 g/mol. The molecule has 0 radical (unpaired) electrons. The molecule has 1 aromatic heterocycles. The molecule has 56 heavy (non-hydrogen) atoms. The van der Waals surface area contributed by atoms with E-state index in [1.54, 1.807) is 7.05 Å². The minimum atomic E-state index is -0.540. The third kappa shape index (κ3) is 17.7. The lowest BCUT2D eigenvalue weighted by molar-refractivity contribution is -0.154. The van der Waals surface area contributed by atoms with Gasteiger partial charge >= 0.3 is 5.97 Å². The molecule has 1 unspecified atom stereocenters. The third-order valence-electron chi connectivity index (χ3n) is 8.56. The molecule has 2 N–H and O–H groups in total. The van der Waals surface area contributed by atoms with Crippen molar-refractivity contribution in [2.75, 3.05) is 20.2 Å². The summed E-state index contributed by atoms with van der Waals surface area (Å²) in [4.78, 5) is 44.0. The Morgan fingerprint density at radius 2 is 1.38 bits per heavy atom. The van der Waals surface area contributed by atoms with Crippen molar-refractivity contribution in [3.05, 3.63) is 102 Å². The van der Waals surface area contributed by atoms with Crippen molar-refractivity contribution >= 4 is 18.2 Å². The smallest absolute Gasteiger partial charge is 0.308 e. The third-order valence-corrected chi connectivity index (χ3v) is 8.56. The first-order valence-corrected chi connectivity index (χ1v) is 19.9. The van der Waals surface area contributed by atoms with Crippen molar-refractivity contribution in [2.24, 2.45) is 5.92 Å². The van der Waals surface area contributed by atoms with Crippen LogP contribution in [0.4, 0.5) is 0 Å². The largest absolute Gasteiger partial charge is 0.494 e. The molecule has 0 bridgehead atoms. The molecule has 1 atom stereocenters. The molecule has 0 aliphatic carbocycles. The number of nitrogens with one attached hydrogen (secondary N) is 2. The van der Waals surface area contributed by atoms with E-state index in [9.17, 15) is 14.4 Å². The van der Waals surface area contributed by atoms with Crippen LogP contribution in [-0.2, 0) is 26.2 Å². The first-order valence-electron chi connectivity index (χ1n) is 19.9. The number of ether oxygens (including phenoxy) is 2. The molecule has 4 aromatic rings. The number of hydrogen-bond donors (Lipinski definition) is 2. The van der Waals surface area contributed by atoms with Gasteiger partial charge in [-0.25, -0.2) is 9.97 Å². The zero-order chi connectivity index (χ0) is 41.7. The summed E-state index contributed by atoms with van der Waals surface area (Å²) < 4.78 is 11.2. The Bertz CT molecular complexity index is 1720. The molecule has 1 amide bonds. The lowest BCUT2D eigenvalue weighted by Gasteiger charge is -2.20. The maximum Gasteiger partial charge on any atom is 0.308 e. The van der Waals surface area contributed by atoms with Crippen molar-refractivity contribution in [2.45, 2.75) is 118 Å². The molecule has 9 nitrogen and oxygen atoms in total. The van der Waals surface area contributed by atoms with Gasteiger partial charge in [0.2, 0.25) is 5.91 Å². The normalized spacial score (nSPS) is 11.6. The first-order chi connectivity index (χ1) is 26.6. The molecule has 304 valence electrons. The minimum absolute atomic E-state index is 0.130. The molecule has 0 saturated carbocycles. The van der Waals surface area contributed by atoms with Gasteiger partial charge in [0, 0.05) is 35.6 Å². The first kappa shape index (κ1) is 47.3. The number of nitrogens with zero attached hydrogens (tertiary/aromatic N) is 2. The number of carbonyl (C=O) groups is 3. The molecular formula is C47H66N4O5. The van der Waals surface area contributed by atoms with Gasteiger partial charge in [0.15, 0.2) is 5.82 Å². The fourth-order valence-electron chi connectivity index (χ4n) is 5.43. The summed E-state index contributed by atoms with van der Waals surface area (Å²) in [6.07, 6.45) is 8.66. The van der Waals surface area contributed by atoms with E-state index in [4.69, 9.17) is 9.47 Å². The SMILES string of the molecule is CC.CC(C)(C)c1ccc(C=O)cc1.CNC(Cc1ccc(-c2ncc(-c3ccc(OCCCCC(C)C)cc3)cn2)cc1)C(=O)NCCC(=O)OC(C)(C)C. The average Bonchev–Trinajstić information content (AvgIpc) is 3.17. The molecule has 1 heterocycles. The highest BCUT2D eigenvalue weighted by atomic mass is 16.6. The number of esters is 1.